The summed E-state index contributed by atoms with van der Waals surface area (Å²) in [5, 5.41) is 0. The van der Waals surface area contributed by atoms with Gasteiger partial charge in [-0.2, -0.15) is 8.42 Å². The normalized spacial score (nSPS) is 9.47. The molecule has 0 radical (unpaired) electrons. The molecule has 0 atom stereocenters. The summed E-state index contributed by atoms with van der Waals surface area (Å²) < 4.78 is 29.7. The van der Waals surface area contributed by atoms with E-state index in [0.29, 0.717) is 0 Å². The lowest BCUT2D eigenvalue weighted by molar-refractivity contribution is 0.324. The molecule has 0 aromatic carbocycles. The van der Waals surface area contributed by atoms with E-state index in [1.807, 2.05) is 52.1 Å². The van der Waals surface area contributed by atoms with Crippen molar-refractivity contribution in [3.05, 3.63) is 0 Å². The summed E-state index contributed by atoms with van der Waals surface area (Å²) in [4.78, 5) is 4.00. The SMILES string of the molecule is CN(C)C.CN(C)C.COS(=O)(=O)O.Cl. The molecule has 0 aromatic heterocycles. The highest BCUT2D eigenvalue weighted by atomic mass is 35.5. The third-order valence-corrected chi connectivity index (χ3v) is 0.632. The molecule has 0 amide bonds. The van der Waals surface area contributed by atoms with Gasteiger partial charge in [-0.05, 0) is 42.3 Å². The smallest absolute Gasteiger partial charge is 0.312 e. The predicted molar refractivity (Wildman–Crippen MR) is 65.0 cm³/mol. The Bertz CT molecular complexity index is 184. The Balaban J connectivity index is -0.0000000606. The third-order valence-electron chi connectivity index (χ3n) is 0.211. The van der Waals surface area contributed by atoms with Crippen molar-refractivity contribution in [2.75, 3.05) is 49.4 Å². The topological polar surface area (TPSA) is 70.1 Å². The number of nitrogens with zero attached hydrogens (tertiary/aromatic N) is 2. The zero-order chi connectivity index (χ0) is 12.4. The van der Waals surface area contributed by atoms with Crippen LogP contribution in [0.4, 0.5) is 0 Å². The van der Waals surface area contributed by atoms with Crippen molar-refractivity contribution in [3.8, 4) is 0 Å². The van der Waals surface area contributed by atoms with E-state index in [9.17, 15) is 8.42 Å². The highest BCUT2D eigenvalue weighted by molar-refractivity contribution is 7.80. The van der Waals surface area contributed by atoms with Crippen LogP contribution in [0.5, 0.6) is 0 Å². The highest BCUT2D eigenvalue weighted by Crippen LogP contribution is 1.74. The summed E-state index contributed by atoms with van der Waals surface area (Å²) in [6.45, 7) is 0. The maximum absolute atomic E-state index is 9.33. The molecule has 0 unspecified atom stereocenters. The average molecular weight is 267 g/mol. The Morgan fingerprint density at radius 2 is 1.00 bits per heavy atom. The molecule has 0 bridgehead atoms. The van der Waals surface area contributed by atoms with E-state index in [-0.39, 0.29) is 12.4 Å². The van der Waals surface area contributed by atoms with E-state index in [1.54, 1.807) is 0 Å². The van der Waals surface area contributed by atoms with E-state index < -0.39 is 10.4 Å². The van der Waals surface area contributed by atoms with Gasteiger partial charge in [0.1, 0.15) is 0 Å². The van der Waals surface area contributed by atoms with Crippen molar-refractivity contribution >= 4 is 22.8 Å². The van der Waals surface area contributed by atoms with Crippen LogP contribution in [0.1, 0.15) is 0 Å². The van der Waals surface area contributed by atoms with Gasteiger partial charge in [0.25, 0.3) is 0 Å². The first-order valence-electron chi connectivity index (χ1n) is 3.77. The van der Waals surface area contributed by atoms with Crippen LogP contribution in [0.2, 0.25) is 0 Å². The van der Waals surface area contributed by atoms with Gasteiger partial charge >= 0.3 is 10.4 Å². The number of hydrogen-bond acceptors (Lipinski definition) is 5. The summed E-state index contributed by atoms with van der Waals surface area (Å²) in [5.41, 5.74) is 0. The Morgan fingerprint density at radius 3 is 1.00 bits per heavy atom. The van der Waals surface area contributed by atoms with Crippen LogP contribution in [0.15, 0.2) is 0 Å². The molecule has 0 saturated carbocycles. The molecule has 0 saturated heterocycles. The Kier molecular flexibility index (Phi) is 22.9. The molecule has 98 valence electrons. The summed E-state index contributed by atoms with van der Waals surface area (Å²) >= 11 is 0. The maximum atomic E-state index is 9.33. The number of rotatable bonds is 1. The lowest BCUT2D eigenvalue weighted by Gasteiger charge is -1.90. The van der Waals surface area contributed by atoms with Crippen molar-refractivity contribution in [1.82, 2.24) is 9.80 Å². The molecular weight excluding hydrogens is 244 g/mol. The van der Waals surface area contributed by atoms with Gasteiger partial charge in [0.2, 0.25) is 0 Å². The monoisotopic (exact) mass is 266 g/mol. The summed E-state index contributed by atoms with van der Waals surface area (Å²) in [6.07, 6.45) is 0. The molecule has 0 aliphatic heterocycles. The molecule has 0 spiro atoms. The first-order chi connectivity index (χ1) is 6.02. The van der Waals surface area contributed by atoms with Gasteiger partial charge in [0.05, 0.1) is 7.11 Å². The minimum absolute atomic E-state index is 0. The summed E-state index contributed by atoms with van der Waals surface area (Å²) in [7, 11) is 8.71. The van der Waals surface area contributed by atoms with Crippen LogP contribution < -0.4 is 0 Å². The van der Waals surface area contributed by atoms with Crippen molar-refractivity contribution in [2.24, 2.45) is 0 Å². The Hall–Kier alpha value is 0.0800. The van der Waals surface area contributed by atoms with E-state index >= 15 is 0 Å². The van der Waals surface area contributed by atoms with Crippen LogP contribution >= 0.6 is 12.4 Å². The second-order valence-electron chi connectivity index (χ2n) is 3.28. The van der Waals surface area contributed by atoms with E-state index in [2.05, 4.69) is 4.18 Å². The van der Waals surface area contributed by atoms with Gasteiger partial charge in [-0.25, -0.2) is 0 Å². The van der Waals surface area contributed by atoms with Crippen molar-refractivity contribution in [1.29, 1.82) is 0 Å². The summed E-state index contributed by atoms with van der Waals surface area (Å²) in [6, 6.07) is 0. The fourth-order valence-electron chi connectivity index (χ4n) is 0. The van der Waals surface area contributed by atoms with E-state index in [4.69, 9.17) is 4.55 Å². The van der Waals surface area contributed by atoms with Crippen LogP contribution in [-0.4, -0.2) is 72.2 Å². The second-order valence-corrected chi connectivity index (χ2v) is 4.47. The zero-order valence-electron chi connectivity index (χ0n) is 10.4. The molecule has 1 N–H and O–H groups in total. The maximum Gasteiger partial charge on any atom is 0.397 e. The van der Waals surface area contributed by atoms with Crippen molar-refractivity contribution in [3.63, 3.8) is 0 Å². The molecule has 0 aliphatic rings. The van der Waals surface area contributed by atoms with E-state index in [1.165, 1.54) is 0 Å². The van der Waals surface area contributed by atoms with E-state index in [0.717, 1.165) is 7.11 Å². The lowest BCUT2D eigenvalue weighted by atomic mass is 11.0. The van der Waals surface area contributed by atoms with Crippen molar-refractivity contribution < 1.29 is 17.2 Å². The van der Waals surface area contributed by atoms with Gasteiger partial charge in [0.15, 0.2) is 0 Å². The highest BCUT2D eigenvalue weighted by Gasteiger charge is 1.93. The molecule has 0 rings (SSSR count). The molecule has 0 fully saturated rings. The van der Waals surface area contributed by atoms with Gasteiger partial charge in [-0.3, -0.25) is 8.74 Å². The molecular formula is C7H23ClN2O4S. The molecule has 0 aromatic rings. The number of halogens is 1. The van der Waals surface area contributed by atoms with Crippen LogP contribution in [0, 0.1) is 0 Å². The van der Waals surface area contributed by atoms with Gasteiger partial charge in [-0.1, -0.05) is 0 Å². The molecule has 8 heteroatoms. The molecule has 6 nitrogen and oxygen atoms in total. The minimum atomic E-state index is -4.16. The standard InChI is InChI=1S/2C3H9N.CH4O4S.ClH/c2*1-4(2)3;1-5-6(2,3)4;/h2*1-3H3;1H3,(H,2,3,4);1H. The van der Waals surface area contributed by atoms with Crippen LogP contribution in [-0.2, 0) is 14.6 Å². The molecule has 0 heterocycles. The van der Waals surface area contributed by atoms with Crippen molar-refractivity contribution in [2.45, 2.75) is 0 Å². The molecule has 15 heavy (non-hydrogen) atoms. The second kappa shape index (κ2) is 14.1. The van der Waals surface area contributed by atoms with Gasteiger partial charge in [-0.15, -0.1) is 12.4 Å². The van der Waals surface area contributed by atoms with Gasteiger partial charge in [0, 0.05) is 0 Å². The van der Waals surface area contributed by atoms with Gasteiger partial charge < -0.3 is 9.80 Å². The minimum Gasteiger partial charge on any atom is -0.312 e. The first kappa shape index (κ1) is 24.4. The Labute approximate surface area is 99.6 Å². The Morgan fingerprint density at radius 1 is 0.933 bits per heavy atom. The number of hydrogen-bond donors (Lipinski definition) is 1. The summed E-state index contributed by atoms with van der Waals surface area (Å²) in [5.74, 6) is 0. The fraction of sp³-hybridized carbons (Fsp3) is 1.00. The predicted octanol–water partition coefficient (Wildman–Crippen LogP) is 0.213. The fourth-order valence-corrected chi connectivity index (χ4v) is 0. The quantitative estimate of drug-likeness (QED) is 0.685. The zero-order valence-corrected chi connectivity index (χ0v) is 12.0. The van der Waals surface area contributed by atoms with Crippen LogP contribution in [0.25, 0.3) is 0 Å². The third kappa shape index (κ3) is 217. The lowest BCUT2D eigenvalue weighted by Crippen LogP contribution is -1.99. The van der Waals surface area contributed by atoms with Crippen LogP contribution in [0.3, 0.4) is 0 Å². The average Bonchev–Trinajstić information content (AvgIpc) is 1.83. The largest absolute Gasteiger partial charge is 0.397 e. The first-order valence-corrected chi connectivity index (χ1v) is 5.14. The molecule has 0 aliphatic carbocycles.